The Labute approximate surface area is 180 Å². The maximum absolute atomic E-state index is 12.6. The second-order valence-corrected chi connectivity index (χ2v) is 6.97. The number of hydrogen-bond acceptors (Lipinski definition) is 6. The summed E-state index contributed by atoms with van der Waals surface area (Å²) in [5, 5.41) is 5.43. The van der Waals surface area contributed by atoms with Gasteiger partial charge in [-0.2, -0.15) is 0 Å². The van der Waals surface area contributed by atoms with Crippen molar-refractivity contribution < 1.29 is 28.6 Å². The van der Waals surface area contributed by atoms with Crippen molar-refractivity contribution in [2.75, 3.05) is 38.1 Å². The molecular weight excluding hydrogens is 402 g/mol. The highest BCUT2D eigenvalue weighted by atomic mass is 16.5. The van der Waals surface area contributed by atoms with E-state index in [9.17, 15) is 14.4 Å². The van der Waals surface area contributed by atoms with Gasteiger partial charge >= 0.3 is 6.09 Å². The Morgan fingerprint density at radius 3 is 2.45 bits per heavy atom. The van der Waals surface area contributed by atoms with E-state index in [2.05, 4.69) is 15.4 Å². The number of hydrogen-bond donors (Lipinski definition) is 2. The van der Waals surface area contributed by atoms with Crippen molar-refractivity contribution in [1.82, 2.24) is 5.32 Å². The van der Waals surface area contributed by atoms with Crippen LogP contribution in [0.3, 0.4) is 0 Å². The number of methoxy groups -OCH3 is 3. The molecule has 1 heterocycles. The first-order chi connectivity index (χ1) is 14.9. The smallest absolute Gasteiger partial charge is 0.411 e. The van der Waals surface area contributed by atoms with Crippen molar-refractivity contribution in [1.29, 1.82) is 0 Å². The Hall–Kier alpha value is -3.75. The highest BCUT2D eigenvalue weighted by Gasteiger charge is 2.36. The van der Waals surface area contributed by atoms with Gasteiger partial charge in [0.1, 0.15) is 11.5 Å². The Morgan fingerprint density at radius 1 is 1.06 bits per heavy atom. The van der Waals surface area contributed by atoms with Crippen LogP contribution in [-0.4, -0.2) is 45.8 Å². The fraction of sp³-hybridized carbons (Fsp3) is 0.318. The number of anilines is 2. The summed E-state index contributed by atoms with van der Waals surface area (Å²) in [4.78, 5) is 38.0. The van der Waals surface area contributed by atoms with E-state index in [0.29, 0.717) is 29.4 Å². The molecule has 0 bridgehead atoms. The van der Waals surface area contributed by atoms with E-state index in [-0.39, 0.29) is 24.8 Å². The second kappa shape index (κ2) is 9.84. The summed E-state index contributed by atoms with van der Waals surface area (Å²) in [7, 11) is 4.37. The van der Waals surface area contributed by atoms with Crippen molar-refractivity contribution >= 4 is 29.3 Å². The molecule has 2 N–H and O–H groups in total. The van der Waals surface area contributed by atoms with Gasteiger partial charge < -0.3 is 24.4 Å². The minimum absolute atomic E-state index is 0.128. The lowest BCUT2D eigenvalue weighted by atomic mass is 10.1. The summed E-state index contributed by atoms with van der Waals surface area (Å²) in [5.74, 6) is 0.338. The zero-order valence-electron chi connectivity index (χ0n) is 17.6. The standard InChI is InChI=1S/C22H25N3O6/c1-29-17-8-9-18(19(11-17)30-2)25-13-15(10-20(25)26)21(27)23-12-14-4-6-16(7-5-14)24-22(28)31-3/h4-9,11,15H,10,12-13H2,1-3H3,(H,23,27)(H,24,28). The zero-order chi connectivity index (χ0) is 22.4. The van der Waals surface area contributed by atoms with Crippen molar-refractivity contribution in [3.05, 3.63) is 48.0 Å². The molecule has 3 rings (SSSR count). The molecule has 31 heavy (non-hydrogen) atoms. The molecule has 0 aliphatic carbocycles. The molecule has 0 spiro atoms. The number of carbonyl (C=O) groups excluding carboxylic acids is 3. The molecule has 1 fully saturated rings. The van der Waals surface area contributed by atoms with Crippen LogP contribution in [0.4, 0.5) is 16.2 Å². The lowest BCUT2D eigenvalue weighted by Crippen LogP contribution is -2.32. The predicted molar refractivity (Wildman–Crippen MR) is 114 cm³/mol. The average Bonchev–Trinajstić information content (AvgIpc) is 3.19. The Kier molecular flexibility index (Phi) is 6.96. The van der Waals surface area contributed by atoms with E-state index >= 15 is 0 Å². The number of ether oxygens (including phenoxy) is 3. The molecule has 9 nitrogen and oxygen atoms in total. The van der Waals surface area contributed by atoms with Crippen molar-refractivity contribution in [2.24, 2.45) is 5.92 Å². The molecule has 3 amide bonds. The summed E-state index contributed by atoms with van der Waals surface area (Å²) in [5.41, 5.74) is 2.06. The van der Waals surface area contributed by atoms with Crippen LogP contribution in [0.5, 0.6) is 11.5 Å². The molecule has 0 radical (unpaired) electrons. The van der Waals surface area contributed by atoms with Gasteiger partial charge in [-0.15, -0.1) is 0 Å². The van der Waals surface area contributed by atoms with Gasteiger partial charge in [-0.25, -0.2) is 4.79 Å². The summed E-state index contributed by atoms with van der Waals surface area (Å²) < 4.78 is 15.1. The minimum atomic E-state index is -0.551. The van der Waals surface area contributed by atoms with Gasteiger partial charge in [-0.05, 0) is 29.8 Å². The van der Waals surface area contributed by atoms with Gasteiger partial charge in [0.2, 0.25) is 11.8 Å². The van der Waals surface area contributed by atoms with Crippen LogP contribution in [-0.2, 0) is 20.9 Å². The number of carbonyl (C=O) groups is 3. The van der Waals surface area contributed by atoms with E-state index < -0.39 is 12.0 Å². The predicted octanol–water partition coefficient (Wildman–Crippen LogP) is 2.55. The van der Waals surface area contributed by atoms with Crippen LogP contribution in [0.1, 0.15) is 12.0 Å². The third-order valence-electron chi connectivity index (χ3n) is 5.03. The van der Waals surface area contributed by atoms with E-state index in [0.717, 1.165) is 5.56 Å². The zero-order valence-corrected chi connectivity index (χ0v) is 17.6. The fourth-order valence-corrected chi connectivity index (χ4v) is 3.33. The molecule has 164 valence electrons. The minimum Gasteiger partial charge on any atom is -0.497 e. The van der Waals surface area contributed by atoms with Gasteiger partial charge in [0.25, 0.3) is 0 Å². The summed E-state index contributed by atoms with van der Waals surface area (Å²) >= 11 is 0. The quantitative estimate of drug-likeness (QED) is 0.704. The maximum atomic E-state index is 12.6. The second-order valence-electron chi connectivity index (χ2n) is 6.97. The SMILES string of the molecule is COC(=O)Nc1ccc(CNC(=O)C2CC(=O)N(c3ccc(OC)cc3OC)C2)cc1. The first-order valence-corrected chi connectivity index (χ1v) is 9.69. The van der Waals surface area contributed by atoms with E-state index in [1.165, 1.54) is 14.2 Å². The lowest BCUT2D eigenvalue weighted by molar-refractivity contribution is -0.126. The van der Waals surface area contributed by atoms with Gasteiger partial charge in [0.15, 0.2) is 0 Å². The molecule has 1 unspecified atom stereocenters. The van der Waals surface area contributed by atoms with Crippen molar-refractivity contribution in [3.8, 4) is 11.5 Å². The normalized spacial score (nSPS) is 15.4. The summed E-state index contributed by atoms with van der Waals surface area (Å²) in [6.45, 7) is 0.587. The first-order valence-electron chi connectivity index (χ1n) is 9.69. The van der Waals surface area contributed by atoms with Crippen LogP contribution < -0.4 is 25.0 Å². The molecule has 1 aliphatic rings. The number of benzene rings is 2. The Balaban J connectivity index is 1.59. The van der Waals surface area contributed by atoms with Crippen molar-refractivity contribution in [3.63, 3.8) is 0 Å². The molecular formula is C22H25N3O6. The highest BCUT2D eigenvalue weighted by molar-refractivity contribution is 6.01. The van der Waals surface area contributed by atoms with E-state index in [1.54, 1.807) is 54.5 Å². The molecule has 1 aliphatic heterocycles. The lowest BCUT2D eigenvalue weighted by Gasteiger charge is -2.20. The maximum Gasteiger partial charge on any atom is 0.411 e. The Morgan fingerprint density at radius 2 is 1.81 bits per heavy atom. The fourth-order valence-electron chi connectivity index (χ4n) is 3.33. The van der Waals surface area contributed by atoms with Crippen LogP contribution in [0.15, 0.2) is 42.5 Å². The van der Waals surface area contributed by atoms with E-state index in [4.69, 9.17) is 9.47 Å². The largest absolute Gasteiger partial charge is 0.497 e. The molecule has 2 aromatic carbocycles. The third-order valence-corrected chi connectivity index (χ3v) is 5.03. The van der Waals surface area contributed by atoms with Crippen LogP contribution in [0, 0.1) is 5.92 Å². The number of nitrogens with one attached hydrogen (secondary N) is 2. The molecule has 0 aromatic heterocycles. The van der Waals surface area contributed by atoms with Gasteiger partial charge in [0, 0.05) is 31.3 Å². The van der Waals surface area contributed by atoms with Crippen molar-refractivity contribution in [2.45, 2.75) is 13.0 Å². The van der Waals surface area contributed by atoms with Gasteiger partial charge in [0.05, 0.1) is 32.9 Å². The summed E-state index contributed by atoms with van der Waals surface area (Å²) in [6.07, 6.45) is -0.423. The van der Waals surface area contributed by atoms with Crippen LogP contribution >= 0.6 is 0 Å². The Bertz CT molecular complexity index is 960. The van der Waals surface area contributed by atoms with Gasteiger partial charge in [-0.1, -0.05) is 12.1 Å². The highest BCUT2D eigenvalue weighted by Crippen LogP contribution is 2.35. The summed E-state index contributed by atoms with van der Waals surface area (Å²) in [6, 6.07) is 12.2. The molecule has 9 heteroatoms. The van der Waals surface area contributed by atoms with E-state index in [1.807, 2.05) is 0 Å². The monoisotopic (exact) mass is 427 g/mol. The van der Waals surface area contributed by atoms with Crippen LogP contribution in [0.25, 0.3) is 0 Å². The molecule has 0 saturated carbocycles. The number of amides is 3. The molecule has 2 aromatic rings. The average molecular weight is 427 g/mol. The molecule has 1 saturated heterocycles. The van der Waals surface area contributed by atoms with Gasteiger partial charge in [-0.3, -0.25) is 14.9 Å². The number of rotatable bonds is 7. The topological polar surface area (TPSA) is 106 Å². The first kappa shape index (κ1) is 21.9. The molecule has 1 atom stereocenters. The van der Waals surface area contributed by atoms with Crippen LogP contribution in [0.2, 0.25) is 0 Å². The third kappa shape index (κ3) is 5.25. The number of nitrogens with zero attached hydrogens (tertiary/aromatic N) is 1.